The molecule has 7 nitrogen and oxygen atoms in total. The van der Waals surface area contributed by atoms with E-state index in [0.717, 1.165) is 16.9 Å². The molecule has 0 fully saturated rings. The number of hydrogen-bond donors (Lipinski definition) is 1. The maximum atomic E-state index is 12.6. The van der Waals surface area contributed by atoms with Crippen LogP contribution in [-0.4, -0.2) is 28.9 Å². The van der Waals surface area contributed by atoms with Gasteiger partial charge in [0, 0.05) is 30.7 Å². The Bertz CT molecular complexity index is 1020. The number of fused-ring (bicyclic) bond motifs is 1. The molecule has 1 aliphatic rings. The van der Waals surface area contributed by atoms with Crippen molar-refractivity contribution in [2.75, 3.05) is 12.0 Å². The number of hydrogen-bond acceptors (Lipinski definition) is 5. The van der Waals surface area contributed by atoms with E-state index in [-0.39, 0.29) is 11.8 Å². The number of pyridine rings is 2. The van der Waals surface area contributed by atoms with Crippen LogP contribution in [0.25, 0.3) is 0 Å². The maximum Gasteiger partial charge on any atom is 0.260 e. The zero-order valence-corrected chi connectivity index (χ0v) is 15.3. The molecule has 0 unspecified atom stereocenters. The van der Waals surface area contributed by atoms with E-state index in [1.807, 2.05) is 12.1 Å². The highest BCUT2D eigenvalue weighted by Crippen LogP contribution is 2.29. The van der Waals surface area contributed by atoms with Crippen LogP contribution in [0.5, 0.6) is 5.75 Å². The second-order valence-corrected chi connectivity index (χ2v) is 6.36. The summed E-state index contributed by atoms with van der Waals surface area (Å²) in [5.74, 6) is 1.02. The Hall–Kier alpha value is -3.74. The standard InChI is InChI=1S/C21H18N4O3/c1-28-17-5-6-18-16(9-17)13-25(21(18)27)19-7-4-14(10-23-19)11-24-20(26)15-3-2-8-22-12-15/h2-10,12H,11,13H2,1H3,(H,24,26). The lowest BCUT2D eigenvalue weighted by Crippen LogP contribution is -2.25. The molecular weight excluding hydrogens is 356 g/mol. The molecule has 0 saturated heterocycles. The van der Waals surface area contributed by atoms with Crippen LogP contribution in [-0.2, 0) is 13.1 Å². The molecule has 3 heterocycles. The van der Waals surface area contributed by atoms with Gasteiger partial charge in [0.05, 0.1) is 19.2 Å². The fourth-order valence-electron chi connectivity index (χ4n) is 3.07. The van der Waals surface area contributed by atoms with E-state index >= 15 is 0 Å². The summed E-state index contributed by atoms with van der Waals surface area (Å²) < 4.78 is 5.23. The molecule has 0 spiro atoms. The third-order valence-electron chi connectivity index (χ3n) is 4.58. The zero-order chi connectivity index (χ0) is 19.5. The minimum Gasteiger partial charge on any atom is -0.497 e. The molecule has 1 aliphatic heterocycles. The molecular formula is C21H18N4O3. The Balaban J connectivity index is 1.42. The van der Waals surface area contributed by atoms with Crippen molar-refractivity contribution in [1.29, 1.82) is 0 Å². The number of nitrogens with zero attached hydrogens (tertiary/aromatic N) is 3. The van der Waals surface area contributed by atoms with Crippen molar-refractivity contribution >= 4 is 17.6 Å². The molecule has 140 valence electrons. The molecule has 28 heavy (non-hydrogen) atoms. The van der Waals surface area contributed by atoms with Gasteiger partial charge in [-0.05, 0) is 47.5 Å². The summed E-state index contributed by atoms with van der Waals surface area (Å²) in [7, 11) is 1.60. The number of carbonyl (C=O) groups excluding carboxylic acids is 2. The summed E-state index contributed by atoms with van der Waals surface area (Å²) in [4.78, 5) is 34.7. The number of carbonyl (C=O) groups is 2. The largest absolute Gasteiger partial charge is 0.497 e. The average molecular weight is 374 g/mol. The Morgan fingerprint density at radius 1 is 1.21 bits per heavy atom. The van der Waals surface area contributed by atoms with Crippen LogP contribution in [0.3, 0.4) is 0 Å². The van der Waals surface area contributed by atoms with Gasteiger partial charge in [-0.15, -0.1) is 0 Å². The van der Waals surface area contributed by atoms with Gasteiger partial charge in [-0.3, -0.25) is 19.5 Å². The van der Waals surface area contributed by atoms with E-state index < -0.39 is 0 Å². The van der Waals surface area contributed by atoms with Gasteiger partial charge >= 0.3 is 0 Å². The lowest BCUT2D eigenvalue weighted by atomic mass is 10.1. The van der Waals surface area contributed by atoms with E-state index in [1.54, 1.807) is 54.7 Å². The summed E-state index contributed by atoms with van der Waals surface area (Å²) in [6.45, 7) is 0.793. The topological polar surface area (TPSA) is 84.4 Å². The number of aromatic nitrogens is 2. The molecule has 2 amide bonds. The maximum absolute atomic E-state index is 12.6. The molecule has 1 N–H and O–H groups in total. The van der Waals surface area contributed by atoms with Gasteiger partial charge in [-0.1, -0.05) is 6.07 Å². The van der Waals surface area contributed by atoms with Crippen LogP contribution < -0.4 is 15.0 Å². The smallest absolute Gasteiger partial charge is 0.260 e. The van der Waals surface area contributed by atoms with Crippen molar-refractivity contribution in [2.24, 2.45) is 0 Å². The number of nitrogens with one attached hydrogen (secondary N) is 1. The molecule has 3 aromatic rings. The van der Waals surface area contributed by atoms with Crippen molar-refractivity contribution < 1.29 is 14.3 Å². The Kier molecular flexibility index (Phi) is 4.72. The molecule has 0 aliphatic carbocycles. The first-order valence-corrected chi connectivity index (χ1v) is 8.77. The van der Waals surface area contributed by atoms with Crippen LogP contribution in [0.2, 0.25) is 0 Å². The van der Waals surface area contributed by atoms with Crippen molar-refractivity contribution in [3.05, 3.63) is 83.3 Å². The minimum absolute atomic E-state index is 0.0808. The number of anilines is 1. The third-order valence-corrected chi connectivity index (χ3v) is 4.58. The third kappa shape index (κ3) is 3.42. The lowest BCUT2D eigenvalue weighted by molar-refractivity contribution is 0.0949. The SMILES string of the molecule is COc1ccc2c(c1)CN(c1ccc(CNC(=O)c3cccnc3)cn1)C2=O. The number of benzene rings is 1. The molecule has 4 rings (SSSR count). The highest BCUT2D eigenvalue weighted by atomic mass is 16.5. The van der Waals surface area contributed by atoms with Gasteiger partial charge < -0.3 is 10.1 Å². The monoisotopic (exact) mass is 374 g/mol. The lowest BCUT2D eigenvalue weighted by Gasteiger charge is -2.15. The fraction of sp³-hybridized carbons (Fsp3) is 0.143. The molecule has 0 radical (unpaired) electrons. The summed E-state index contributed by atoms with van der Waals surface area (Å²) in [6.07, 6.45) is 4.80. The molecule has 0 atom stereocenters. The first-order valence-electron chi connectivity index (χ1n) is 8.77. The summed E-state index contributed by atoms with van der Waals surface area (Å²) >= 11 is 0. The average Bonchev–Trinajstić information content (AvgIpc) is 3.08. The Labute approximate surface area is 162 Å². The predicted molar refractivity (Wildman–Crippen MR) is 103 cm³/mol. The van der Waals surface area contributed by atoms with Gasteiger partial charge in [0.2, 0.25) is 0 Å². The fourth-order valence-corrected chi connectivity index (χ4v) is 3.07. The second kappa shape index (κ2) is 7.48. The van der Waals surface area contributed by atoms with E-state index in [0.29, 0.717) is 30.0 Å². The van der Waals surface area contributed by atoms with Crippen molar-refractivity contribution in [3.8, 4) is 5.75 Å². The van der Waals surface area contributed by atoms with Gasteiger partial charge in [0.15, 0.2) is 0 Å². The molecule has 1 aromatic carbocycles. The zero-order valence-electron chi connectivity index (χ0n) is 15.3. The van der Waals surface area contributed by atoms with Crippen LogP contribution in [0.1, 0.15) is 31.8 Å². The number of methoxy groups -OCH3 is 1. The van der Waals surface area contributed by atoms with Crippen LogP contribution in [0.15, 0.2) is 61.1 Å². The molecule has 2 aromatic heterocycles. The van der Waals surface area contributed by atoms with Crippen molar-refractivity contribution in [1.82, 2.24) is 15.3 Å². The van der Waals surface area contributed by atoms with E-state index in [4.69, 9.17) is 4.74 Å². The van der Waals surface area contributed by atoms with Crippen molar-refractivity contribution in [3.63, 3.8) is 0 Å². The van der Waals surface area contributed by atoms with Crippen LogP contribution in [0.4, 0.5) is 5.82 Å². The number of amides is 2. The molecule has 7 heteroatoms. The quantitative estimate of drug-likeness (QED) is 0.742. The van der Waals surface area contributed by atoms with E-state index in [2.05, 4.69) is 15.3 Å². The first-order chi connectivity index (χ1) is 13.7. The van der Waals surface area contributed by atoms with Crippen molar-refractivity contribution in [2.45, 2.75) is 13.1 Å². The molecule has 0 bridgehead atoms. The van der Waals surface area contributed by atoms with Crippen LogP contribution in [0, 0.1) is 0 Å². The number of ether oxygens (including phenoxy) is 1. The molecule has 0 saturated carbocycles. The highest BCUT2D eigenvalue weighted by molar-refractivity contribution is 6.09. The predicted octanol–water partition coefficient (Wildman–Crippen LogP) is 2.58. The highest BCUT2D eigenvalue weighted by Gasteiger charge is 2.29. The summed E-state index contributed by atoms with van der Waals surface area (Å²) in [5.41, 5.74) is 2.92. The first kappa shape index (κ1) is 17.7. The van der Waals surface area contributed by atoms with E-state index in [1.165, 1.54) is 6.20 Å². The van der Waals surface area contributed by atoms with Gasteiger partial charge in [-0.2, -0.15) is 0 Å². The minimum atomic E-state index is -0.198. The second-order valence-electron chi connectivity index (χ2n) is 6.36. The Morgan fingerprint density at radius 3 is 2.82 bits per heavy atom. The van der Waals surface area contributed by atoms with Gasteiger partial charge in [-0.25, -0.2) is 4.98 Å². The van der Waals surface area contributed by atoms with Gasteiger partial charge in [0.1, 0.15) is 11.6 Å². The number of rotatable bonds is 5. The van der Waals surface area contributed by atoms with E-state index in [9.17, 15) is 9.59 Å². The Morgan fingerprint density at radius 2 is 2.11 bits per heavy atom. The normalized spacial score (nSPS) is 12.6. The van der Waals surface area contributed by atoms with Gasteiger partial charge in [0.25, 0.3) is 11.8 Å². The van der Waals surface area contributed by atoms with Crippen LogP contribution >= 0.6 is 0 Å². The summed E-state index contributed by atoms with van der Waals surface area (Å²) in [6, 6.07) is 12.5. The summed E-state index contributed by atoms with van der Waals surface area (Å²) in [5, 5.41) is 2.83.